The van der Waals surface area contributed by atoms with Crippen LogP contribution in [0.5, 0.6) is 17.2 Å². The van der Waals surface area contributed by atoms with Gasteiger partial charge in [0, 0.05) is 11.1 Å². The quantitative estimate of drug-likeness (QED) is 0.494. The van der Waals surface area contributed by atoms with Gasteiger partial charge in [-0.2, -0.15) is 0 Å². The van der Waals surface area contributed by atoms with E-state index in [-0.39, 0.29) is 12.4 Å². The number of ketones is 1. The Labute approximate surface area is 149 Å². The Morgan fingerprint density at radius 3 is 2.48 bits per heavy atom. The van der Waals surface area contributed by atoms with Gasteiger partial charge in [-0.15, -0.1) is 6.58 Å². The lowest BCUT2D eigenvalue weighted by Crippen LogP contribution is -2.04. The van der Waals surface area contributed by atoms with Crippen LogP contribution in [-0.2, 0) is 13.0 Å². The predicted octanol–water partition coefficient (Wildman–Crippen LogP) is 4.60. The molecule has 0 fully saturated rings. The molecule has 25 heavy (non-hydrogen) atoms. The van der Waals surface area contributed by atoms with Gasteiger partial charge in [-0.1, -0.05) is 12.1 Å². The Kier molecular flexibility index (Phi) is 6.63. The summed E-state index contributed by atoms with van der Waals surface area (Å²) in [6.07, 6.45) is 2.61. The molecule has 132 valence electrons. The molecule has 0 spiro atoms. The molecule has 2 aromatic carbocycles. The van der Waals surface area contributed by atoms with Crippen LogP contribution in [-0.4, -0.2) is 19.5 Å². The van der Waals surface area contributed by atoms with Gasteiger partial charge in [0.1, 0.15) is 12.4 Å². The molecular weight excluding hydrogens is 316 g/mol. The van der Waals surface area contributed by atoms with E-state index in [1.54, 1.807) is 20.1 Å². The molecular formula is C21H24O4. The molecule has 0 atom stereocenters. The third-order valence-corrected chi connectivity index (χ3v) is 3.76. The van der Waals surface area contributed by atoms with Gasteiger partial charge in [-0.05, 0) is 56.2 Å². The summed E-state index contributed by atoms with van der Waals surface area (Å²) >= 11 is 0. The number of carbonyl (C=O) groups is 1. The molecule has 0 radical (unpaired) electrons. The van der Waals surface area contributed by atoms with Crippen molar-refractivity contribution in [1.82, 2.24) is 0 Å². The average molecular weight is 340 g/mol. The highest BCUT2D eigenvalue weighted by atomic mass is 16.5. The van der Waals surface area contributed by atoms with E-state index in [1.165, 1.54) is 0 Å². The standard InChI is InChI=1S/C21H24O4/c1-5-7-16-8-10-20(21(12-16)23-4)25-14-18-13-17(15(3)22)9-11-19(18)24-6-2/h5,8-13H,1,6-7,14H2,2-4H3. The molecule has 0 saturated heterocycles. The van der Waals surface area contributed by atoms with Crippen molar-refractivity contribution in [3.8, 4) is 17.2 Å². The zero-order valence-electron chi connectivity index (χ0n) is 15.0. The topological polar surface area (TPSA) is 44.8 Å². The van der Waals surface area contributed by atoms with Crippen LogP contribution in [0.3, 0.4) is 0 Å². The predicted molar refractivity (Wildman–Crippen MR) is 98.8 cm³/mol. The highest BCUT2D eigenvalue weighted by Crippen LogP contribution is 2.30. The number of Topliss-reactive ketones (excluding diaryl/α,β-unsaturated/α-hetero) is 1. The molecule has 0 N–H and O–H groups in total. The fraction of sp³-hybridized carbons (Fsp3) is 0.286. The zero-order valence-corrected chi connectivity index (χ0v) is 15.0. The van der Waals surface area contributed by atoms with Gasteiger partial charge in [0.25, 0.3) is 0 Å². The van der Waals surface area contributed by atoms with Gasteiger partial charge in [0.2, 0.25) is 0 Å². The second-order valence-corrected chi connectivity index (χ2v) is 5.58. The Balaban J connectivity index is 2.23. The van der Waals surface area contributed by atoms with Crippen LogP contribution in [0.1, 0.15) is 35.3 Å². The fourth-order valence-corrected chi connectivity index (χ4v) is 2.49. The second kappa shape index (κ2) is 8.92. The summed E-state index contributed by atoms with van der Waals surface area (Å²) in [5.74, 6) is 2.04. The number of rotatable bonds is 9. The molecule has 0 heterocycles. The maximum Gasteiger partial charge on any atom is 0.161 e. The summed E-state index contributed by atoms with van der Waals surface area (Å²) in [5, 5.41) is 0. The van der Waals surface area contributed by atoms with Crippen LogP contribution in [0.15, 0.2) is 49.1 Å². The third-order valence-electron chi connectivity index (χ3n) is 3.76. The largest absolute Gasteiger partial charge is 0.493 e. The molecule has 0 bridgehead atoms. The van der Waals surface area contributed by atoms with Crippen LogP contribution in [0.25, 0.3) is 0 Å². The van der Waals surface area contributed by atoms with Crippen molar-refractivity contribution in [2.75, 3.05) is 13.7 Å². The van der Waals surface area contributed by atoms with Crippen molar-refractivity contribution in [3.05, 3.63) is 65.7 Å². The zero-order chi connectivity index (χ0) is 18.2. The average Bonchev–Trinajstić information content (AvgIpc) is 2.61. The molecule has 0 saturated carbocycles. The lowest BCUT2D eigenvalue weighted by molar-refractivity contribution is 0.101. The maximum atomic E-state index is 11.6. The molecule has 0 aliphatic carbocycles. The number of carbonyl (C=O) groups excluding carboxylic acids is 1. The molecule has 0 amide bonds. The number of ether oxygens (including phenoxy) is 3. The summed E-state index contributed by atoms with van der Waals surface area (Å²) in [6.45, 7) is 8.04. The summed E-state index contributed by atoms with van der Waals surface area (Å²) in [7, 11) is 1.61. The Hall–Kier alpha value is -2.75. The van der Waals surface area contributed by atoms with Crippen molar-refractivity contribution < 1.29 is 19.0 Å². The summed E-state index contributed by atoms with van der Waals surface area (Å²) in [5.41, 5.74) is 2.56. The van der Waals surface area contributed by atoms with E-state index >= 15 is 0 Å². The van der Waals surface area contributed by atoms with Crippen molar-refractivity contribution in [2.45, 2.75) is 26.9 Å². The minimum Gasteiger partial charge on any atom is -0.493 e. The Morgan fingerprint density at radius 2 is 1.84 bits per heavy atom. The van der Waals surface area contributed by atoms with Gasteiger partial charge >= 0.3 is 0 Å². The summed E-state index contributed by atoms with van der Waals surface area (Å²) in [4.78, 5) is 11.6. The Bertz CT molecular complexity index is 750. The van der Waals surface area contributed by atoms with E-state index in [2.05, 4.69) is 6.58 Å². The van der Waals surface area contributed by atoms with Gasteiger partial charge in [0.05, 0.1) is 13.7 Å². The first-order chi connectivity index (χ1) is 12.1. The van der Waals surface area contributed by atoms with Crippen LogP contribution in [0.4, 0.5) is 0 Å². The number of allylic oxidation sites excluding steroid dienone is 1. The highest BCUT2D eigenvalue weighted by Gasteiger charge is 2.11. The van der Waals surface area contributed by atoms with Gasteiger partial charge in [-0.3, -0.25) is 4.79 Å². The molecule has 4 heteroatoms. The molecule has 0 aromatic heterocycles. The summed E-state index contributed by atoms with van der Waals surface area (Å²) in [6, 6.07) is 11.2. The third kappa shape index (κ3) is 4.86. The van der Waals surface area contributed by atoms with Gasteiger partial charge in [-0.25, -0.2) is 0 Å². The van der Waals surface area contributed by atoms with E-state index in [1.807, 2.05) is 43.3 Å². The molecule has 0 aliphatic heterocycles. The lowest BCUT2D eigenvalue weighted by Gasteiger charge is -2.15. The highest BCUT2D eigenvalue weighted by molar-refractivity contribution is 5.94. The van der Waals surface area contributed by atoms with E-state index in [0.717, 1.165) is 23.3 Å². The molecule has 2 aromatic rings. The number of benzene rings is 2. The number of hydrogen-bond donors (Lipinski definition) is 0. The Morgan fingerprint density at radius 1 is 1.08 bits per heavy atom. The van der Waals surface area contributed by atoms with Crippen LogP contribution in [0.2, 0.25) is 0 Å². The molecule has 4 nitrogen and oxygen atoms in total. The minimum atomic E-state index is 0.00987. The maximum absolute atomic E-state index is 11.6. The first-order valence-corrected chi connectivity index (χ1v) is 8.26. The monoisotopic (exact) mass is 340 g/mol. The number of hydrogen-bond acceptors (Lipinski definition) is 4. The van der Waals surface area contributed by atoms with E-state index in [4.69, 9.17) is 14.2 Å². The van der Waals surface area contributed by atoms with Gasteiger partial charge < -0.3 is 14.2 Å². The van der Waals surface area contributed by atoms with E-state index < -0.39 is 0 Å². The van der Waals surface area contributed by atoms with Crippen LogP contribution in [0, 0.1) is 0 Å². The fourth-order valence-electron chi connectivity index (χ4n) is 2.49. The first-order valence-electron chi connectivity index (χ1n) is 8.26. The van der Waals surface area contributed by atoms with Gasteiger partial charge in [0.15, 0.2) is 17.3 Å². The molecule has 0 unspecified atom stereocenters. The normalized spacial score (nSPS) is 10.2. The van der Waals surface area contributed by atoms with Crippen molar-refractivity contribution in [2.24, 2.45) is 0 Å². The first kappa shape index (κ1) is 18.6. The van der Waals surface area contributed by atoms with Crippen molar-refractivity contribution in [3.63, 3.8) is 0 Å². The molecule has 0 aliphatic rings. The molecule has 2 rings (SSSR count). The number of methoxy groups -OCH3 is 1. The summed E-state index contributed by atoms with van der Waals surface area (Å²) < 4.78 is 17.0. The van der Waals surface area contributed by atoms with Crippen LogP contribution >= 0.6 is 0 Å². The van der Waals surface area contributed by atoms with Crippen molar-refractivity contribution in [1.29, 1.82) is 0 Å². The minimum absolute atomic E-state index is 0.00987. The van der Waals surface area contributed by atoms with E-state index in [0.29, 0.717) is 23.7 Å². The lowest BCUT2D eigenvalue weighted by atomic mass is 10.1. The van der Waals surface area contributed by atoms with E-state index in [9.17, 15) is 4.79 Å². The van der Waals surface area contributed by atoms with Crippen molar-refractivity contribution >= 4 is 5.78 Å². The second-order valence-electron chi connectivity index (χ2n) is 5.58. The SMILES string of the molecule is C=CCc1ccc(OCc2cc(C(C)=O)ccc2OCC)c(OC)c1. The van der Waals surface area contributed by atoms with Crippen LogP contribution < -0.4 is 14.2 Å². The smallest absolute Gasteiger partial charge is 0.161 e.